The van der Waals surface area contributed by atoms with Gasteiger partial charge in [0, 0.05) is 35.9 Å². The minimum Gasteiger partial charge on any atom is -0.350 e. The molecule has 1 N–H and O–H groups in total. The smallest absolute Gasteiger partial charge is 0.269 e. The van der Waals surface area contributed by atoms with Gasteiger partial charge in [0.05, 0.1) is 5.56 Å². The number of sulfonamides is 1. The first-order valence-corrected chi connectivity index (χ1v) is 15.2. The highest BCUT2D eigenvalue weighted by Crippen LogP contribution is 2.30. The molecule has 0 fully saturated rings. The first-order chi connectivity index (χ1) is 18.9. The molecule has 3 aromatic rings. The normalized spacial score (nSPS) is 14.9. The van der Waals surface area contributed by atoms with Gasteiger partial charge in [-0.1, -0.05) is 70.5 Å². The topological polar surface area (TPSA) is 104 Å². The van der Waals surface area contributed by atoms with Crippen LogP contribution in [0.25, 0.3) is 0 Å². The fraction of sp³-hybridized carbons (Fsp3) is 0.300. The summed E-state index contributed by atoms with van der Waals surface area (Å²) in [5.41, 5.74) is 1.22. The molecule has 1 atom stereocenters. The molecule has 3 amide bonds. The Morgan fingerprint density at radius 2 is 1.55 bits per heavy atom. The van der Waals surface area contributed by atoms with Gasteiger partial charge in [0.15, 0.2) is 0 Å². The Morgan fingerprint density at radius 1 is 0.925 bits per heavy atom. The Hall–Kier alpha value is -3.50. The van der Waals surface area contributed by atoms with Crippen molar-refractivity contribution in [2.24, 2.45) is 0 Å². The summed E-state index contributed by atoms with van der Waals surface area (Å²) in [6.45, 7) is 5.40. The highest BCUT2D eigenvalue weighted by atomic mass is 79.9. The van der Waals surface area contributed by atoms with Crippen LogP contribution in [0.5, 0.6) is 0 Å². The fourth-order valence-corrected chi connectivity index (χ4v) is 6.42. The number of benzene rings is 3. The molecule has 0 spiro atoms. The van der Waals surface area contributed by atoms with E-state index in [0.29, 0.717) is 0 Å². The number of amides is 3. The molecule has 1 aliphatic rings. The lowest BCUT2D eigenvalue weighted by Crippen LogP contribution is -2.54. The van der Waals surface area contributed by atoms with Crippen LogP contribution < -0.4 is 5.32 Å². The van der Waals surface area contributed by atoms with Crippen molar-refractivity contribution >= 4 is 43.7 Å². The molecule has 0 saturated heterocycles. The third-order valence-corrected chi connectivity index (χ3v) is 8.85. The van der Waals surface area contributed by atoms with E-state index in [1.165, 1.54) is 17.0 Å². The predicted molar refractivity (Wildman–Crippen MR) is 156 cm³/mol. The molecule has 0 radical (unpaired) electrons. The largest absolute Gasteiger partial charge is 0.350 e. The average Bonchev–Trinajstić information content (AvgIpc) is 3.10. The summed E-state index contributed by atoms with van der Waals surface area (Å²) in [6, 6.07) is 22.0. The van der Waals surface area contributed by atoms with Crippen LogP contribution in [0.1, 0.15) is 48.7 Å². The van der Waals surface area contributed by atoms with E-state index in [1.54, 1.807) is 12.1 Å². The summed E-state index contributed by atoms with van der Waals surface area (Å²) in [5.74, 6) is -1.42. The molecule has 1 heterocycles. The molecule has 1 aliphatic heterocycles. The van der Waals surface area contributed by atoms with E-state index < -0.39 is 33.4 Å². The van der Waals surface area contributed by atoms with Crippen molar-refractivity contribution in [1.29, 1.82) is 0 Å². The molecule has 0 aliphatic carbocycles. The lowest BCUT2D eigenvalue weighted by atomic mass is 10.0. The lowest BCUT2D eigenvalue weighted by molar-refractivity contribution is -0.142. The van der Waals surface area contributed by atoms with Gasteiger partial charge in [-0.3, -0.25) is 14.4 Å². The Bertz CT molecular complexity index is 1500. The molecule has 0 unspecified atom stereocenters. The number of nitrogens with one attached hydrogen (secondary N) is 1. The predicted octanol–water partition coefficient (Wildman–Crippen LogP) is 4.54. The van der Waals surface area contributed by atoms with Gasteiger partial charge in [0.25, 0.3) is 15.9 Å². The van der Waals surface area contributed by atoms with Crippen molar-refractivity contribution in [1.82, 2.24) is 14.5 Å². The zero-order valence-corrected chi connectivity index (χ0v) is 25.0. The average molecular weight is 627 g/mol. The van der Waals surface area contributed by atoms with Crippen LogP contribution in [0.4, 0.5) is 0 Å². The molecule has 3 aromatic carbocycles. The van der Waals surface area contributed by atoms with E-state index in [-0.39, 0.29) is 42.3 Å². The van der Waals surface area contributed by atoms with Gasteiger partial charge in [0.1, 0.15) is 10.9 Å². The number of rotatable bonds is 9. The van der Waals surface area contributed by atoms with Crippen molar-refractivity contribution in [2.45, 2.75) is 56.6 Å². The minimum absolute atomic E-state index is 0.0642. The van der Waals surface area contributed by atoms with Crippen LogP contribution in [-0.2, 0) is 32.6 Å². The van der Waals surface area contributed by atoms with E-state index >= 15 is 0 Å². The zero-order chi connectivity index (χ0) is 29.1. The van der Waals surface area contributed by atoms with Gasteiger partial charge >= 0.3 is 0 Å². The first-order valence-electron chi connectivity index (χ1n) is 12.9. The second kappa shape index (κ2) is 11.9. The van der Waals surface area contributed by atoms with Crippen molar-refractivity contribution in [2.75, 3.05) is 6.54 Å². The summed E-state index contributed by atoms with van der Waals surface area (Å²) in [6.07, 6.45) is -0.0129. The van der Waals surface area contributed by atoms with E-state index in [9.17, 15) is 22.8 Å². The van der Waals surface area contributed by atoms with E-state index in [2.05, 4.69) is 21.2 Å². The van der Waals surface area contributed by atoms with Crippen LogP contribution in [-0.4, -0.2) is 53.5 Å². The Kier molecular flexibility index (Phi) is 8.80. The molecular formula is C30H32BrN3O5S. The number of nitrogens with zero attached hydrogens (tertiary/aromatic N) is 2. The Balaban J connectivity index is 1.65. The lowest BCUT2D eigenvalue weighted by Gasteiger charge is -2.34. The summed E-state index contributed by atoms with van der Waals surface area (Å²) in [7, 11) is -4.06. The van der Waals surface area contributed by atoms with Gasteiger partial charge in [0.2, 0.25) is 11.8 Å². The monoisotopic (exact) mass is 625 g/mol. The van der Waals surface area contributed by atoms with E-state index in [1.807, 2.05) is 75.4 Å². The molecular weight excluding hydrogens is 594 g/mol. The third-order valence-electron chi connectivity index (χ3n) is 6.48. The molecule has 8 nitrogen and oxygen atoms in total. The van der Waals surface area contributed by atoms with Crippen molar-refractivity contribution in [3.63, 3.8) is 0 Å². The van der Waals surface area contributed by atoms with Gasteiger partial charge in [-0.2, -0.15) is 0 Å². The second-order valence-corrected chi connectivity index (χ2v) is 13.5. The molecule has 10 heteroatoms. The highest BCUT2D eigenvalue weighted by Gasteiger charge is 2.41. The summed E-state index contributed by atoms with van der Waals surface area (Å²) >= 11 is 3.42. The molecule has 0 bridgehead atoms. The van der Waals surface area contributed by atoms with Crippen molar-refractivity contribution in [3.8, 4) is 0 Å². The van der Waals surface area contributed by atoms with E-state index in [0.717, 1.165) is 19.9 Å². The fourth-order valence-electron chi connectivity index (χ4n) is 4.59. The van der Waals surface area contributed by atoms with Gasteiger partial charge in [-0.05, 0) is 56.2 Å². The number of hydrogen-bond acceptors (Lipinski definition) is 5. The quantitative estimate of drug-likeness (QED) is 0.376. The van der Waals surface area contributed by atoms with Crippen molar-refractivity contribution < 1.29 is 22.8 Å². The number of hydrogen-bond donors (Lipinski definition) is 1. The number of halogens is 1. The summed E-state index contributed by atoms with van der Waals surface area (Å²) in [4.78, 5) is 41.8. The molecule has 0 aromatic heterocycles. The maximum atomic E-state index is 13.9. The second-order valence-electron chi connectivity index (χ2n) is 10.7. The zero-order valence-electron chi connectivity index (χ0n) is 22.6. The van der Waals surface area contributed by atoms with E-state index in [4.69, 9.17) is 0 Å². The van der Waals surface area contributed by atoms with Crippen LogP contribution in [0.3, 0.4) is 0 Å². The Labute approximate surface area is 243 Å². The minimum atomic E-state index is -4.06. The third kappa shape index (κ3) is 6.79. The maximum Gasteiger partial charge on any atom is 0.269 e. The number of fused-ring (bicyclic) bond motifs is 1. The standard InChI is InChI=1S/C30H32BrN3O5S/c1-30(2,3)32-28(36)25(19-21-9-5-4-6-10-21)33(20-22-13-15-23(31)16-14-22)27(35)17-18-34-29(37)24-11-7-8-12-26(24)40(34,38)39/h4-16,25H,17-20H2,1-3H3,(H,32,36)/t25-/m1/s1. The summed E-state index contributed by atoms with van der Waals surface area (Å²) < 4.78 is 27.7. The molecule has 210 valence electrons. The summed E-state index contributed by atoms with van der Waals surface area (Å²) in [5, 5.41) is 3.00. The van der Waals surface area contributed by atoms with Crippen LogP contribution in [0.2, 0.25) is 0 Å². The van der Waals surface area contributed by atoms with Crippen LogP contribution in [0.15, 0.2) is 88.2 Å². The highest BCUT2D eigenvalue weighted by molar-refractivity contribution is 9.10. The molecule has 0 saturated carbocycles. The number of carbonyl (C=O) groups is 3. The van der Waals surface area contributed by atoms with Gasteiger partial charge in [-0.25, -0.2) is 12.7 Å². The first kappa shape index (κ1) is 29.5. The molecule has 40 heavy (non-hydrogen) atoms. The Morgan fingerprint density at radius 3 is 2.17 bits per heavy atom. The van der Waals surface area contributed by atoms with Crippen molar-refractivity contribution in [3.05, 3.63) is 100 Å². The van der Waals surface area contributed by atoms with Gasteiger partial charge in [-0.15, -0.1) is 0 Å². The van der Waals surface area contributed by atoms with Crippen LogP contribution >= 0.6 is 15.9 Å². The number of carbonyl (C=O) groups excluding carboxylic acids is 3. The SMILES string of the molecule is CC(C)(C)NC(=O)[C@@H](Cc1ccccc1)N(Cc1ccc(Br)cc1)C(=O)CCN1C(=O)c2ccccc2S1(=O)=O. The maximum absolute atomic E-state index is 13.9. The molecule has 4 rings (SSSR count). The van der Waals surface area contributed by atoms with Gasteiger partial charge < -0.3 is 10.2 Å². The van der Waals surface area contributed by atoms with Crippen LogP contribution in [0, 0.1) is 0 Å².